The molecule has 4 atom stereocenters. The van der Waals surface area contributed by atoms with Crippen LogP contribution in [0.25, 0.3) is 21.8 Å². The van der Waals surface area contributed by atoms with Crippen molar-refractivity contribution in [3.63, 3.8) is 0 Å². The van der Waals surface area contributed by atoms with Crippen molar-refractivity contribution in [1.29, 1.82) is 0 Å². The molecule has 3 aliphatic rings. The van der Waals surface area contributed by atoms with Gasteiger partial charge in [-0.2, -0.15) is 0 Å². The first-order chi connectivity index (χ1) is 19.4. The maximum absolute atomic E-state index is 12.7. The zero-order chi connectivity index (χ0) is 27.8. The number of hydrogen-bond acceptors (Lipinski definition) is 4. The molecule has 7 rings (SSSR count). The van der Waals surface area contributed by atoms with E-state index in [1.165, 1.54) is 41.4 Å². The van der Waals surface area contributed by atoms with E-state index in [1.54, 1.807) is 0 Å². The normalized spacial score (nSPS) is 24.6. The van der Waals surface area contributed by atoms with Gasteiger partial charge in [-0.25, -0.2) is 0 Å². The standard InChI is InChI=1S/C19H25N3O.C13H14N2O2/c1-12-18-15(14-9-5-6-10-16(14)22-18)11-17(20-12)19(23)21-13-7-3-2-4-8-13;1-7-12-9(6-11(14-7)13(16)17)8-4-2-3-5-10(8)15-12/h5-6,9-10,12-13,17,20,22H,2-4,7-8,11H2,1H3,(H,21,23);2-5,7,11,14-15H,6H2,1H3,(H,16,17)/t12-,17-;7-,11-/m00/s1. The summed E-state index contributed by atoms with van der Waals surface area (Å²) in [5, 5.41) is 21.4. The Labute approximate surface area is 234 Å². The molecule has 0 spiro atoms. The molecule has 2 aliphatic heterocycles. The van der Waals surface area contributed by atoms with Gasteiger partial charge in [-0.15, -0.1) is 0 Å². The highest BCUT2D eigenvalue weighted by atomic mass is 16.4. The second kappa shape index (κ2) is 11.1. The van der Waals surface area contributed by atoms with Crippen LogP contribution in [0.2, 0.25) is 0 Å². The zero-order valence-electron chi connectivity index (χ0n) is 23.2. The molecule has 1 saturated carbocycles. The van der Waals surface area contributed by atoms with Gasteiger partial charge in [0.15, 0.2) is 0 Å². The Hall–Kier alpha value is -3.62. The van der Waals surface area contributed by atoms with Crippen molar-refractivity contribution in [3.8, 4) is 0 Å². The third-order valence-corrected chi connectivity index (χ3v) is 8.84. The Balaban J connectivity index is 0.000000151. The summed E-state index contributed by atoms with van der Waals surface area (Å²) in [5.41, 5.74) is 7.03. The average molecular weight is 542 g/mol. The van der Waals surface area contributed by atoms with E-state index in [4.69, 9.17) is 5.11 Å². The van der Waals surface area contributed by atoms with Crippen LogP contribution in [0.1, 0.15) is 80.6 Å². The highest BCUT2D eigenvalue weighted by Crippen LogP contribution is 2.33. The van der Waals surface area contributed by atoms with Crippen LogP contribution in [0.15, 0.2) is 48.5 Å². The molecule has 40 heavy (non-hydrogen) atoms. The van der Waals surface area contributed by atoms with Crippen molar-refractivity contribution in [2.45, 2.75) is 89.0 Å². The molecular formula is C32H39N5O3. The molecule has 2 aromatic carbocycles. The Kier molecular flexibility index (Phi) is 7.38. The topological polar surface area (TPSA) is 122 Å². The molecule has 0 bridgehead atoms. The van der Waals surface area contributed by atoms with Crippen molar-refractivity contribution >= 4 is 33.7 Å². The van der Waals surface area contributed by atoms with Crippen LogP contribution in [-0.2, 0) is 22.4 Å². The fourth-order valence-electron chi connectivity index (χ4n) is 6.79. The summed E-state index contributed by atoms with van der Waals surface area (Å²) >= 11 is 0. The highest BCUT2D eigenvalue weighted by molar-refractivity contribution is 5.89. The number of carboxylic acids is 1. The van der Waals surface area contributed by atoms with Crippen LogP contribution in [0, 0.1) is 0 Å². The molecule has 0 radical (unpaired) electrons. The predicted octanol–water partition coefficient (Wildman–Crippen LogP) is 5.02. The zero-order valence-corrected chi connectivity index (χ0v) is 23.2. The molecule has 1 amide bonds. The number of carboxylic acid groups (broad SMARTS) is 1. The van der Waals surface area contributed by atoms with Gasteiger partial charge in [0, 0.05) is 57.7 Å². The molecule has 8 heteroatoms. The van der Waals surface area contributed by atoms with Crippen LogP contribution < -0.4 is 16.0 Å². The number of H-pyrrole nitrogens is 2. The molecule has 0 saturated heterocycles. The number of amides is 1. The number of aromatic nitrogens is 2. The van der Waals surface area contributed by atoms with Crippen molar-refractivity contribution in [3.05, 3.63) is 71.0 Å². The van der Waals surface area contributed by atoms with Gasteiger partial charge in [0.1, 0.15) is 6.04 Å². The SMILES string of the molecule is C[C@@H]1N[C@H](C(=O)NC2CCCCC2)Cc2c1[nH]c1ccccc21.C[C@@H]1N[C@H](C(=O)O)Cc2c1[nH]c1ccccc21. The van der Waals surface area contributed by atoms with Gasteiger partial charge in [-0.05, 0) is 56.4 Å². The molecule has 1 aliphatic carbocycles. The van der Waals surface area contributed by atoms with Gasteiger partial charge in [0.05, 0.1) is 6.04 Å². The van der Waals surface area contributed by atoms with Crippen LogP contribution in [0.3, 0.4) is 0 Å². The molecule has 2 aromatic heterocycles. The number of nitrogens with one attached hydrogen (secondary N) is 5. The maximum atomic E-state index is 12.7. The summed E-state index contributed by atoms with van der Waals surface area (Å²) in [4.78, 5) is 30.7. The number of fused-ring (bicyclic) bond motifs is 6. The van der Waals surface area contributed by atoms with E-state index in [2.05, 4.69) is 57.1 Å². The predicted molar refractivity (Wildman–Crippen MR) is 157 cm³/mol. The number of hydrogen-bond donors (Lipinski definition) is 6. The Morgan fingerprint density at radius 1 is 0.750 bits per heavy atom. The van der Waals surface area contributed by atoms with Crippen LogP contribution in [0.5, 0.6) is 0 Å². The number of benzene rings is 2. The minimum absolute atomic E-state index is 0.0484. The van der Waals surface area contributed by atoms with E-state index in [0.29, 0.717) is 12.5 Å². The molecule has 4 aromatic rings. The van der Waals surface area contributed by atoms with Crippen molar-refractivity contribution < 1.29 is 14.7 Å². The van der Waals surface area contributed by atoms with E-state index in [1.807, 2.05) is 31.2 Å². The lowest BCUT2D eigenvalue weighted by Crippen LogP contribution is -2.51. The monoisotopic (exact) mass is 541 g/mol. The molecule has 0 unspecified atom stereocenters. The van der Waals surface area contributed by atoms with E-state index in [9.17, 15) is 9.59 Å². The van der Waals surface area contributed by atoms with Gasteiger partial charge in [0.25, 0.3) is 0 Å². The van der Waals surface area contributed by atoms with Gasteiger partial charge >= 0.3 is 5.97 Å². The highest BCUT2D eigenvalue weighted by Gasteiger charge is 2.32. The van der Waals surface area contributed by atoms with Crippen LogP contribution in [-0.4, -0.2) is 45.1 Å². The molecule has 6 N–H and O–H groups in total. The number of rotatable bonds is 3. The first-order valence-electron chi connectivity index (χ1n) is 14.6. The average Bonchev–Trinajstić information content (AvgIpc) is 3.53. The number of carbonyl (C=O) groups is 2. The summed E-state index contributed by atoms with van der Waals surface area (Å²) in [5.74, 6) is -0.618. The summed E-state index contributed by atoms with van der Waals surface area (Å²) in [6, 6.07) is 16.4. The van der Waals surface area contributed by atoms with Crippen molar-refractivity contribution in [1.82, 2.24) is 25.9 Å². The van der Waals surface area contributed by atoms with E-state index >= 15 is 0 Å². The summed E-state index contributed by atoms with van der Waals surface area (Å²) in [7, 11) is 0. The second-order valence-electron chi connectivity index (χ2n) is 11.6. The molecule has 8 nitrogen and oxygen atoms in total. The lowest BCUT2D eigenvalue weighted by molar-refractivity contribution is -0.139. The minimum atomic E-state index is -0.784. The summed E-state index contributed by atoms with van der Waals surface area (Å²) < 4.78 is 0. The van der Waals surface area contributed by atoms with Crippen molar-refractivity contribution in [2.75, 3.05) is 0 Å². The summed E-state index contributed by atoms with van der Waals surface area (Å²) in [6.07, 6.45) is 7.36. The molecular weight excluding hydrogens is 502 g/mol. The van der Waals surface area contributed by atoms with Gasteiger partial charge < -0.3 is 20.4 Å². The molecule has 1 fully saturated rings. The molecule has 4 heterocycles. The lowest BCUT2D eigenvalue weighted by atomic mass is 9.92. The smallest absolute Gasteiger partial charge is 0.321 e. The second-order valence-corrected chi connectivity index (χ2v) is 11.6. The fraction of sp³-hybridized carbons (Fsp3) is 0.438. The summed E-state index contributed by atoms with van der Waals surface area (Å²) in [6.45, 7) is 4.12. The van der Waals surface area contributed by atoms with Crippen molar-refractivity contribution in [2.24, 2.45) is 0 Å². The van der Waals surface area contributed by atoms with Gasteiger partial charge in [-0.3, -0.25) is 20.2 Å². The number of para-hydroxylation sites is 2. The van der Waals surface area contributed by atoms with Crippen LogP contribution >= 0.6 is 0 Å². The quantitative estimate of drug-likeness (QED) is 0.218. The number of aliphatic carboxylic acids is 1. The van der Waals surface area contributed by atoms with Crippen LogP contribution in [0.4, 0.5) is 0 Å². The number of carbonyl (C=O) groups excluding carboxylic acids is 1. The first kappa shape index (κ1) is 26.6. The van der Waals surface area contributed by atoms with Gasteiger partial charge in [0.2, 0.25) is 5.91 Å². The van der Waals surface area contributed by atoms with Gasteiger partial charge in [-0.1, -0.05) is 55.7 Å². The Bertz CT molecular complexity index is 1530. The fourth-order valence-corrected chi connectivity index (χ4v) is 6.79. The van der Waals surface area contributed by atoms with E-state index < -0.39 is 12.0 Å². The van der Waals surface area contributed by atoms with E-state index in [-0.39, 0.29) is 24.0 Å². The Morgan fingerprint density at radius 2 is 1.25 bits per heavy atom. The first-order valence-corrected chi connectivity index (χ1v) is 14.6. The maximum Gasteiger partial charge on any atom is 0.321 e. The third-order valence-electron chi connectivity index (χ3n) is 8.84. The van der Waals surface area contributed by atoms with E-state index in [0.717, 1.165) is 41.4 Å². The Morgan fingerprint density at radius 3 is 1.80 bits per heavy atom. The number of aromatic amines is 2. The molecule has 210 valence electrons. The lowest BCUT2D eigenvalue weighted by Gasteiger charge is -2.31. The largest absolute Gasteiger partial charge is 0.480 e. The third kappa shape index (κ3) is 5.13. The minimum Gasteiger partial charge on any atom is -0.480 e.